The first-order valence-electron chi connectivity index (χ1n) is 6.06. The third kappa shape index (κ3) is 2.04. The first-order chi connectivity index (χ1) is 9.70. The molecule has 0 radical (unpaired) electrons. The molecule has 0 fully saturated rings. The number of nitrogens with zero attached hydrogens (tertiary/aromatic N) is 2. The number of benzene rings is 2. The van der Waals surface area contributed by atoms with E-state index in [-0.39, 0.29) is 12.5 Å². The fraction of sp³-hybridized carbons (Fsp3) is 0.0667. The van der Waals surface area contributed by atoms with Gasteiger partial charge in [0.1, 0.15) is 6.07 Å². The van der Waals surface area contributed by atoms with Crippen LogP contribution in [0.2, 0.25) is 0 Å². The number of hydrogen-bond donors (Lipinski definition) is 1. The number of halogens is 1. The van der Waals surface area contributed by atoms with E-state index in [1.807, 2.05) is 24.3 Å². The molecule has 0 aliphatic carbocycles. The van der Waals surface area contributed by atoms with Crippen LogP contribution in [0.5, 0.6) is 0 Å². The summed E-state index contributed by atoms with van der Waals surface area (Å²) in [6.07, 6.45) is 0. The van der Waals surface area contributed by atoms with E-state index in [1.54, 1.807) is 23.1 Å². The van der Waals surface area contributed by atoms with Crippen molar-refractivity contribution in [2.45, 2.75) is 0 Å². The lowest BCUT2D eigenvalue weighted by Gasteiger charge is -2.30. The number of para-hydroxylation sites is 1. The minimum Gasteiger partial charge on any atom is -0.374 e. The molecule has 1 aliphatic heterocycles. The quantitative estimate of drug-likeness (QED) is 0.873. The van der Waals surface area contributed by atoms with Gasteiger partial charge in [0.05, 0.1) is 29.2 Å². The summed E-state index contributed by atoms with van der Waals surface area (Å²) in [5.41, 5.74) is 2.72. The number of rotatable bonds is 1. The number of nitrogens with one attached hydrogen (secondary N) is 1. The normalized spacial score (nSPS) is 13.4. The molecule has 0 unspecified atom stereocenters. The average Bonchev–Trinajstić information content (AvgIpc) is 2.47. The van der Waals surface area contributed by atoms with Crippen LogP contribution in [0.15, 0.2) is 46.9 Å². The third-order valence-corrected chi connectivity index (χ3v) is 3.64. The fourth-order valence-electron chi connectivity index (χ4n) is 2.25. The second-order valence-electron chi connectivity index (χ2n) is 4.37. The smallest absolute Gasteiger partial charge is 0.250 e. The maximum Gasteiger partial charge on any atom is 0.250 e. The van der Waals surface area contributed by atoms with Crippen molar-refractivity contribution < 1.29 is 4.79 Å². The predicted octanol–water partition coefficient (Wildman–Crippen LogP) is 3.41. The van der Waals surface area contributed by atoms with E-state index in [0.717, 1.165) is 15.8 Å². The van der Waals surface area contributed by atoms with Crippen LogP contribution in [-0.4, -0.2) is 12.5 Å². The highest BCUT2D eigenvalue weighted by atomic mass is 79.9. The van der Waals surface area contributed by atoms with Gasteiger partial charge in [-0.1, -0.05) is 28.1 Å². The largest absolute Gasteiger partial charge is 0.374 e. The molecule has 4 nitrogen and oxygen atoms in total. The average molecular weight is 328 g/mol. The number of hydrogen-bond acceptors (Lipinski definition) is 3. The Balaban J connectivity index is 2.21. The summed E-state index contributed by atoms with van der Waals surface area (Å²) in [6.45, 7) is 0.217. The van der Waals surface area contributed by atoms with E-state index in [0.29, 0.717) is 11.3 Å². The van der Waals surface area contributed by atoms with E-state index in [9.17, 15) is 10.1 Å². The Bertz CT molecular complexity index is 736. The Morgan fingerprint density at radius 3 is 2.80 bits per heavy atom. The lowest BCUT2D eigenvalue weighted by atomic mass is 10.1. The number of fused-ring (bicyclic) bond motifs is 1. The topological polar surface area (TPSA) is 56.1 Å². The van der Waals surface area contributed by atoms with Crippen molar-refractivity contribution >= 4 is 38.9 Å². The number of anilines is 3. The summed E-state index contributed by atoms with van der Waals surface area (Å²) in [6, 6.07) is 14.9. The van der Waals surface area contributed by atoms with E-state index >= 15 is 0 Å². The summed E-state index contributed by atoms with van der Waals surface area (Å²) in [4.78, 5) is 13.9. The molecule has 5 heteroatoms. The van der Waals surface area contributed by atoms with Crippen LogP contribution in [0.1, 0.15) is 5.56 Å². The van der Waals surface area contributed by atoms with E-state index in [4.69, 9.17) is 0 Å². The molecule has 1 aliphatic rings. The van der Waals surface area contributed by atoms with Crippen molar-refractivity contribution in [2.75, 3.05) is 16.8 Å². The van der Waals surface area contributed by atoms with Crippen LogP contribution in [0.4, 0.5) is 17.1 Å². The molecule has 3 rings (SSSR count). The van der Waals surface area contributed by atoms with E-state index < -0.39 is 0 Å². The molecule has 0 saturated heterocycles. The third-order valence-electron chi connectivity index (χ3n) is 3.15. The number of nitriles is 1. The summed E-state index contributed by atoms with van der Waals surface area (Å²) < 4.78 is 0.882. The lowest BCUT2D eigenvalue weighted by molar-refractivity contribution is -0.116. The fourth-order valence-corrected chi connectivity index (χ4v) is 2.60. The Hall–Kier alpha value is -2.32. The van der Waals surface area contributed by atoms with Crippen molar-refractivity contribution in [3.05, 3.63) is 52.5 Å². The number of carbonyl (C=O) groups is 1. The number of amides is 1. The van der Waals surface area contributed by atoms with Crippen molar-refractivity contribution in [1.82, 2.24) is 0 Å². The van der Waals surface area contributed by atoms with Crippen molar-refractivity contribution in [3.8, 4) is 6.07 Å². The summed E-state index contributed by atoms with van der Waals surface area (Å²) in [5, 5.41) is 12.3. The second kappa shape index (κ2) is 4.99. The summed E-state index contributed by atoms with van der Waals surface area (Å²) >= 11 is 3.42. The van der Waals surface area contributed by atoms with Gasteiger partial charge >= 0.3 is 0 Å². The van der Waals surface area contributed by atoms with Crippen LogP contribution < -0.4 is 10.2 Å². The zero-order chi connectivity index (χ0) is 14.1. The Labute approximate surface area is 124 Å². The molecule has 1 amide bonds. The second-order valence-corrected chi connectivity index (χ2v) is 5.29. The Morgan fingerprint density at radius 2 is 2.00 bits per heavy atom. The molecule has 0 saturated carbocycles. The van der Waals surface area contributed by atoms with Crippen LogP contribution in [0.3, 0.4) is 0 Å². The molecular formula is C15H10BrN3O. The molecule has 20 heavy (non-hydrogen) atoms. The van der Waals surface area contributed by atoms with Crippen molar-refractivity contribution in [1.29, 1.82) is 5.26 Å². The zero-order valence-electron chi connectivity index (χ0n) is 10.4. The first-order valence-corrected chi connectivity index (χ1v) is 6.85. The van der Waals surface area contributed by atoms with Gasteiger partial charge in [-0.05, 0) is 30.3 Å². The summed E-state index contributed by atoms with van der Waals surface area (Å²) in [5.74, 6) is -0.0849. The molecule has 2 aromatic carbocycles. The predicted molar refractivity (Wildman–Crippen MR) is 80.9 cm³/mol. The van der Waals surface area contributed by atoms with Gasteiger partial charge in [-0.3, -0.25) is 9.69 Å². The molecule has 2 aromatic rings. The van der Waals surface area contributed by atoms with Gasteiger partial charge in [0.15, 0.2) is 0 Å². The van der Waals surface area contributed by atoms with Crippen molar-refractivity contribution in [2.24, 2.45) is 0 Å². The molecule has 1 N–H and O–H groups in total. The maximum atomic E-state index is 12.3. The van der Waals surface area contributed by atoms with Gasteiger partial charge in [-0.2, -0.15) is 5.26 Å². The molecule has 0 aromatic heterocycles. The monoisotopic (exact) mass is 327 g/mol. The summed E-state index contributed by atoms with van der Waals surface area (Å²) in [7, 11) is 0. The lowest BCUT2D eigenvalue weighted by Crippen LogP contribution is -2.36. The molecule has 98 valence electrons. The van der Waals surface area contributed by atoms with Crippen LogP contribution >= 0.6 is 15.9 Å². The molecule has 0 spiro atoms. The highest BCUT2D eigenvalue weighted by Crippen LogP contribution is 2.38. The van der Waals surface area contributed by atoms with Crippen LogP contribution in [-0.2, 0) is 4.79 Å². The molecule has 0 atom stereocenters. The highest BCUT2D eigenvalue weighted by molar-refractivity contribution is 9.10. The highest BCUT2D eigenvalue weighted by Gasteiger charge is 2.27. The van der Waals surface area contributed by atoms with Crippen LogP contribution in [0, 0.1) is 11.3 Å². The number of carbonyl (C=O) groups excluding carboxylic acids is 1. The SMILES string of the molecule is N#Cc1ccccc1N1C(=O)CNc2ccc(Br)cc21. The van der Waals surface area contributed by atoms with Gasteiger partial charge in [0.2, 0.25) is 0 Å². The van der Waals surface area contributed by atoms with Gasteiger partial charge in [0.25, 0.3) is 5.91 Å². The van der Waals surface area contributed by atoms with E-state index in [2.05, 4.69) is 27.3 Å². The zero-order valence-corrected chi connectivity index (χ0v) is 12.0. The maximum absolute atomic E-state index is 12.3. The van der Waals surface area contributed by atoms with Gasteiger partial charge in [-0.15, -0.1) is 0 Å². The molecule has 0 bridgehead atoms. The minimum absolute atomic E-state index is 0.0849. The Morgan fingerprint density at radius 1 is 1.20 bits per heavy atom. The Kier molecular flexibility index (Phi) is 3.17. The van der Waals surface area contributed by atoms with Crippen LogP contribution in [0.25, 0.3) is 0 Å². The molecular weight excluding hydrogens is 318 g/mol. The minimum atomic E-state index is -0.0849. The van der Waals surface area contributed by atoms with E-state index in [1.165, 1.54) is 0 Å². The van der Waals surface area contributed by atoms with Gasteiger partial charge < -0.3 is 5.32 Å². The molecule has 1 heterocycles. The van der Waals surface area contributed by atoms with Crippen molar-refractivity contribution in [3.63, 3.8) is 0 Å². The standard InChI is InChI=1S/C15H10BrN3O/c16-11-5-6-12-14(7-11)19(15(20)9-18-12)13-4-2-1-3-10(13)8-17/h1-7,18H,9H2. The van der Waals surface area contributed by atoms with Gasteiger partial charge in [0, 0.05) is 4.47 Å². The van der Waals surface area contributed by atoms with Gasteiger partial charge in [-0.25, -0.2) is 0 Å². The first kappa shape index (κ1) is 12.7.